The van der Waals surface area contributed by atoms with E-state index in [1.54, 1.807) is 11.4 Å². The first kappa shape index (κ1) is 12.2. The van der Waals surface area contributed by atoms with Crippen molar-refractivity contribution < 1.29 is 8.42 Å². The van der Waals surface area contributed by atoms with Gasteiger partial charge in [0.15, 0.2) is 0 Å². The normalized spacial score (nSPS) is 24.2. The molecular formula is C12H19N3O2S. The van der Waals surface area contributed by atoms with Gasteiger partial charge in [-0.25, -0.2) is 17.7 Å². The summed E-state index contributed by atoms with van der Waals surface area (Å²) < 4.78 is 27.8. The van der Waals surface area contributed by atoms with Crippen LogP contribution in [0.4, 0.5) is 0 Å². The predicted octanol–water partition coefficient (Wildman–Crippen LogP) is 0.870. The fourth-order valence-electron chi connectivity index (χ4n) is 2.67. The van der Waals surface area contributed by atoms with E-state index in [1.807, 2.05) is 12.4 Å². The van der Waals surface area contributed by atoms with Crippen molar-refractivity contribution in [3.8, 4) is 0 Å². The highest BCUT2D eigenvalue weighted by atomic mass is 32.2. The Morgan fingerprint density at radius 1 is 1.44 bits per heavy atom. The minimum Gasteiger partial charge on any atom is -0.335 e. The summed E-state index contributed by atoms with van der Waals surface area (Å²) in [6, 6.07) is 0. The summed E-state index contributed by atoms with van der Waals surface area (Å²) in [6.07, 6.45) is 7.46. The Balaban J connectivity index is 1.64. The summed E-state index contributed by atoms with van der Waals surface area (Å²) in [6.45, 7) is 1.52. The summed E-state index contributed by atoms with van der Waals surface area (Å²) in [5.41, 5.74) is 0. The number of aromatic nitrogens is 2. The van der Waals surface area contributed by atoms with Gasteiger partial charge in [-0.2, -0.15) is 0 Å². The van der Waals surface area contributed by atoms with Gasteiger partial charge >= 0.3 is 0 Å². The first-order valence-corrected chi connectivity index (χ1v) is 8.03. The molecule has 1 aliphatic heterocycles. The Morgan fingerprint density at radius 2 is 2.22 bits per heavy atom. The summed E-state index contributed by atoms with van der Waals surface area (Å²) in [5, 5.41) is -0.102. The van der Waals surface area contributed by atoms with Crippen molar-refractivity contribution in [1.82, 2.24) is 13.9 Å². The molecule has 0 bridgehead atoms. The van der Waals surface area contributed by atoms with Crippen LogP contribution in [-0.2, 0) is 23.0 Å². The lowest BCUT2D eigenvalue weighted by molar-refractivity contribution is 0.303. The molecule has 3 rings (SSSR count). The highest BCUT2D eigenvalue weighted by molar-refractivity contribution is 7.90. The second-order valence-corrected chi connectivity index (χ2v) is 7.75. The van der Waals surface area contributed by atoms with Crippen LogP contribution in [0.5, 0.6) is 0 Å². The van der Waals surface area contributed by atoms with Crippen LogP contribution >= 0.6 is 0 Å². The molecule has 0 spiro atoms. The number of rotatable bonds is 4. The van der Waals surface area contributed by atoms with Crippen LogP contribution in [0, 0.1) is 5.92 Å². The number of hydrogen-bond donors (Lipinski definition) is 0. The molecule has 1 aliphatic carbocycles. The molecule has 0 saturated heterocycles. The van der Waals surface area contributed by atoms with Crippen LogP contribution in [0.15, 0.2) is 12.4 Å². The van der Waals surface area contributed by atoms with Gasteiger partial charge in [0, 0.05) is 39.0 Å². The largest absolute Gasteiger partial charge is 0.335 e. The standard InChI is InChI=1S/C12H19N3O2S/c1-14(18(16,17)11-3-4-11)8-10-2-5-12-13-6-7-15(12)9-10/h6-7,10-11H,2-5,8-9H2,1H3. The molecule has 1 aromatic heterocycles. The van der Waals surface area contributed by atoms with Gasteiger partial charge in [0.25, 0.3) is 0 Å². The van der Waals surface area contributed by atoms with Crippen LogP contribution < -0.4 is 0 Å². The number of imidazole rings is 1. The van der Waals surface area contributed by atoms with E-state index in [-0.39, 0.29) is 5.25 Å². The number of aryl methyl sites for hydroxylation is 1. The SMILES string of the molecule is CN(CC1CCc2nccn2C1)S(=O)(=O)C1CC1. The number of hydrogen-bond acceptors (Lipinski definition) is 3. The Bertz CT molecular complexity index is 533. The van der Waals surface area contributed by atoms with E-state index in [1.165, 1.54) is 0 Å². The maximum Gasteiger partial charge on any atom is 0.216 e. The molecule has 1 atom stereocenters. The molecule has 6 heteroatoms. The molecule has 0 aromatic carbocycles. The zero-order valence-electron chi connectivity index (χ0n) is 10.6. The monoisotopic (exact) mass is 269 g/mol. The Morgan fingerprint density at radius 3 is 2.94 bits per heavy atom. The molecule has 18 heavy (non-hydrogen) atoms. The molecule has 0 N–H and O–H groups in total. The fraction of sp³-hybridized carbons (Fsp3) is 0.750. The molecule has 1 unspecified atom stereocenters. The smallest absolute Gasteiger partial charge is 0.216 e. The van der Waals surface area contributed by atoms with E-state index < -0.39 is 10.0 Å². The van der Waals surface area contributed by atoms with Gasteiger partial charge in [-0.1, -0.05) is 0 Å². The van der Waals surface area contributed by atoms with Gasteiger partial charge in [0.05, 0.1) is 5.25 Å². The average molecular weight is 269 g/mol. The van der Waals surface area contributed by atoms with E-state index in [4.69, 9.17) is 0 Å². The zero-order chi connectivity index (χ0) is 12.8. The van der Waals surface area contributed by atoms with Crippen molar-refractivity contribution in [3.05, 3.63) is 18.2 Å². The summed E-state index contributed by atoms with van der Waals surface area (Å²) in [7, 11) is -1.30. The van der Waals surface area contributed by atoms with E-state index in [0.717, 1.165) is 38.1 Å². The molecule has 0 amide bonds. The third-order valence-electron chi connectivity index (χ3n) is 3.93. The molecule has 1 fully saturated rings. The van der Waals surface area contributed by atoms with E-state index >= 15 is 0 Å². The van der Waals surface area contributed by atoms with Crippen LogP contribution in [-0.4, -0.2) is 41.1 Å². The van der Waals surface area contributed by atoms with Gasteiger partial charge in [0.1, 0.15) is 5.82 Å². The van der Waals surface area contributed by atoms with Gasteiger partial charge in [-0.05, 0) is 25.2 Å². The third-order valence-corrected chi connectivity index (χ3v) is 6.26. The van der Waals surface area contributed by atoms with Crippen LogP contribution in [0.2, 0.25) is 0 Å². The maximum atomic E-state index is 12.1. The van der Waals surface area contributed by atoms with Crippen molar-refractivity contribution in [2.24, 2.45) is 5.92 Å². The Kier molecular flexibility index (Phi) is 2.94. The third kappa shape index (κ3) is 2.19. The summed E-state index contributed by atoms with van der Waals surface area (Å²) in [4.78, 5) is 4.29. The lowest BCUT2D eigenvalue weighted by Crippen LogP contribution is -2.37. The second kappa shape index (κ2) is 4.35. The van der Waals surface area contributed by atoms with Gasteiger partial charge in [-0.3, -0.25) is 0 Å². The van der Waals surface area contributed by atoms with Crippen molar-refractivity contribution in [1.29, 1.82) is 0 Å². The minimum atomic E-state index is -3.02. The minimum absolute atomic E-state index is 0.102. The highest BCUT2D eigenvalue weighted by Gasteiger charge is 2.39. The fourth-order valence-corrected chi connectivity index (χ4v) is 4.33. The lowest BCUT2D eigenvalue weighted by atomic mass is 10.00. The van der Waals surface area contributed by atoms with E-state index in [9.17, 15) is 8.42 Å². The maximum absolute atomic E-state index is 12.1. The van der Waals surface area contributed by atoms with Crippen LogP contribution in [0.3, 0.4) is 0 Å². The van der Waals surface area contributed by atoms with Crippen molar-refractivity contribution >= 4 is 10.0 Å². The molecule has 1 saturated carbocycles. The average Bonchev–Trinajstić information content (AvgIpc) is 3.09. The number of nitrogens with zero attached hydrogens (tertiary/aromatic N) is 3. The highest BCUT2D eigenvalue weighted by Crippen LogP contribution is 2.31. The molecular weight excluding hydrogens is 250 g/mol. The predicted molar refractivity (Wildman–Crippen MR) is 68.6 cm³/mol. The van der Waals surface area contributed by atoms with E-state index in [2.05, 4.69) is 9.55 Å². The van der Waals surface area contributed by atoms with Crippen LogP contribution in [0.25, 0.3) is 0 Å². The molecule has 100 valence electrons. The summed E-state index contributed by atoms with van der Waals surface area (Å²) >= 11 is 0. The van der Waals surface area contributed by atoms with Crippen molar-refractivity contribution in [2.75, 3.05) is 13.6 Å². The van der Waals surface area contributed by atoms with Gasteiger partial charge in [-0.15, -0.1) is 0 Å². The second-order valence-electron chi connectivity index (χ2n) is 5.43. The van der Waals surface area contributed by atoms with Crippen molar-refractivity contribution in [2.45, 2.75) is 37.5 Å². The summed E-state index contributed by atoms with van der Waals surface area (Å²) in [5.74, 6) is 1.53. The molecule has 5 nitrogen and oxygen atoms in total. The first-order valence-electron chi connectivity index (χ1n) is 6.52. The quantitative estimate of drug-likeness (QED) is 0.815. The van der Waals surface area contributed by atoms with Gasteiger partial charge < -0.3 is 4.57 Å². The molecule has 2 heterocycles. The molecule has 2 aliphatic rings. The van der Waals surface area contributed by atoms with E-state index in [0.29, 0.717) is 12.5 Å². The number of sulfonamides is 1. The number of fused-ring (bicyclic) bond motifs is 1. The first-order chi connectivity index (χ1) is 8.57. The van der Waals surface area contributed by atoms with Gasteiger partial charge in [0.2, 0.25) is 10.0 Å². The molecule has 0 radical (unpaired) electrons. The Labute approximate surface area is 108 Å². The van der Waals surface area contributed by atoms with Crippen LogP contribution in [0.1, 0.15) is 25.1 Å². The Hall–Kier alpha value is -0.880. The molecule has 1 aromatic rings. The lowest BCUT2D eigenvalue weighted by Gasteiger charge is -2.27. The topological polar surface area (TPSA) is 55.2 Å². The van der Waals surface area contributed by atoms with Crippen molar-refractivity contribution in [3.63, 3.8) is 0 Å². The zero-order valence-corrected chi connectivity index (χ0v) is 11.4.